The molecule has 2 aromatic heterocycles. The molecule has 7 heteroatoms. The number of nitrogens with one attached hydrogen (secondary N) is 1. The van der Waals surface area contributed by atoms with E-state index in [1.54, 1.807) is 36.2 Å². The first-order valence-electron chi connectivity index (χ1n) is 7.89. The number of carbonyl (C=O) groups is 2. The monoisotopic (exact) mass is 348 g/mol. The van der Waals surface area contributed by atoms with Gasteiger partial charge in [0.2, 0.25) is 0 Å². The molecule has 128 valence electrons. The first-order chi connectivity index (χ1) is 11.5. The Morgan fingerprint density at radius 1 is 1.33 bits per heavy atom. The molecule has 0 unspecified atom stereocenters. The summed E-state index contributed by atoms with van der Waals surface area (Å²) >= 11 is 1.21. The topological polar surface area (TPSA) is 82.8 Å². The third-order valence-corrected chi connectivity index (χ3v) is 5.20. The third-order valence-electron chi connectivity index (χ3n) is 4.21. The van der Waals surface area contributed by atoms with Gasteiger partial charge in [-0.3, -0.25) is 9.59 Å². The molecular weight excluding hydrogens is 328 g/mol. The second kappa shape index (κ2) is 6.78. The van der Waals surface area contributed by atoms with Gasteiger partial charge in [0.05, 0.1) is 21.7 Å². The van der Waals surface area contributed by atoms with E-state index in [0.717, 1.165) is 25.7 Å². The Kier molecular flexibility index (Phi) is 4.73. The van der Waals surface area contributed by atoms with E-state index < -0.39 is 5.60 Å². The van der Waals surface area contributed by atoms with Gasteiger partial charge in [-0.05, 0) is 37.1 Å². The number of likely N-dealkylation sites (N-methyl/N-ethyl adjacent to an activating group) is 1. The summed E-state index contributed by atoms with van der Waals surface area (Å²) in [6.45, 7) is 0.331. The van der Waals surface area contributed by atoms with Crippen molar-refractivity contribution in [2.24, 2.45) is 0 Å². The minimum absolute atomic E-state index is 0.154. The minimum atomic E-state index is -0.766. The lowest BCUT2D eigenvalue weighted by molar-refractivity contribution is 0.0158. The molecule has 0 atom stereocenters. The van der Waals surface area contributed by atoms with Crippen molar-refractivity contribution >= 4 is 28.2 Å². The van der Waals surface area contributed by atoms with Gasteiger partial charge >= 0.3 is 0 Å². The number of furan rings is 1. The highest BCUT2D eigenvalue weighted by molar-refractivity contribution is 7.18. The second-order valence-electron chi connectivity index (χ2n) is 6.19. The maximum absolute atomic E-state index is 12.5. The number of nitrogens with zero attached hydrogens (tertiary/aromatic N) is 1. The van der Waals surface area contributed by atoms with Gasteiger partial charge in [0.25, 0.3) is 11.8 Å². The number of hydrogen-bond donors (Lipinski definition) is 2. The summed E-state index contributed by atoms with van der Waals surface area (Å²) in [5, 5.41) is 13.7. The molecular formula is C17H20N2O4S. The number of hydrogen-bond acceptors (Lipinski definition) is 5. The number of amides is 2. The standard InChI is InChI=1S/C17H20N2O4S/c1-19(11-17(22)8-2-3-9-17)16(21)13-6-7-14(24-13)18-15(20)12-5-4-10-23-12/h4-7,10,22H,2-3,8-9,11H2,1H3,(H,18,20). The number of rotatable bonds is 5. The van der Waals surface area contributed by atoms with Crippen LogP contribution in [0.2, 0.25) is 0 Å². The van der Waals surface area contributed by atoms with Crippen LogP contribution in [-0.2, 0) is 0 Å². The molecule has 0 spiro atoms. The fourth-order valence-corrected chi connectivity index (χ4v) is 3.89. The van der Waals surface area contributed by atoms with Crippen molar-refractivity contribution in [1.29, 1.82) is 0 Å². The molecule has 0 radical (unpaired) electrons. The molecule has 6 nitrogen and oxygen atoms in total. The van der Waals surface area contributed by atoms with Gasteiger partial charge in [0.15, 0.2) is 5.76 Å². The molecule has 1 aliphatic carbocycles. The molecule has 0 aromatic carbocycles. The van der Waals surface area contributed by atoms with E-state index in [9.17, 15) is 14.7 Å². The predicted octanol–water partition coefficient (Wildman–Crippen LogP) is 2.97. The summed E-state index contributed by atoms with van der Waals surface area (Å²) in [5.41, 5.74) is -0.766. The van der Waals surface area contributed by atoms with Crippen molar-refractivity contribution in [1.82, 2.24) is 4.90 Å². The van der Waals surface area contributed by atoms with Crippen molar-refractivity contribution in [3.05, 3.63) is 41.2 Å². The Balaban J connectivity index is 1.62. The van der Waals surface area contributed by atoms with E-state index in [2.05, 4.69) is 5.32 Å². The highest BCUT2D eigenvalue weighted by Gasteiger charge is 2.33. The van der Waals surface area contributed by atoms with Crippen molar-refractivity contribution in [2.75, 3.05) is 18.9 Å². The Bertz CT molecular complexity index is 717. The van der Waals surface area contributed by atoms with Crippen molar-refractivity contribution in [3.8, 4) is 0 Å². The van der Waals surface area contributed by atoms with Gasteiger partial charge in [0, 0.05) is 13.6 Å². The van der Waals surface area contributed by atoms with Gasteiger partial charge in [0.1, 0.15) is 0 Å². The maximum atomic E-state index is 12.5. The fraction of sp³-hybridized carbons (Fsp3) is 0.412. The molecule has 0 aliphatic heterocycles. The van der Waals surface area contributed by atoms with Crippen LogP contribution in [-0.4, -0.2) is 41.0 Å². The first kappa shape index (κ1) is 16.7. The molecule has 3 rings (SSSR count). The Morgan fingerprint density at radius 2 is 2.08 bits per heavy atom. The molecule has 2 N–H and O–H groups in total. The quantitative estimate of drug-likeness (QED) is 0.870. The summed E-state index contributed by atoms with van der Waals surface area (Å²) in [4.78, 5) is 26.5. The average molecular weight is 348 g/mol. The van der Waals surface area contributed by atoms with Crippen molar-refractivity contribution < 1.29 is 19.1 Å². The SMILES string of the molecule is CN(CC1(O)CCCC1)C(=O)c1ccc(NC(=O)c2ccco2)s1. The smallest absolute Gasteiger partial charge is 0.291 e. The third kappa shape index (κ3) is 3.68. The molecule has 2 amide bonds. The van der Waals surface area contributed by atoms with Crippen LogP contribution >= 0.6 is 11.3 Å². The van der Waals surface area contributed by atoms with E-state index in [4.69, 9.17) is 4.42 Å². The Labute approximate surface area is 144 Å². The summed E-state index contributed by atoms with van der Waals surface area (Å²) in [6.07, 6.45) is 4.90. The zero-order chi connectivity index (χ0) is 17.2. The van der Waals surface area contributed by atoms with E-state index in [1.165, 1.54) is 17.6 Å². The summed E-state index contributed by atoms with van der Waals surface area (Å²) in [7, 11) is 1.69. The molecule has 24 heavy (non-hydrogen) atoms. The molecule has 0 bridgehead atoms. The van der Waals surface area contributed by atoms with Crippen molar-refractivity contribution in [2.45, 2.75) is 31.3 Å². The highest BCUT2D eigenvalue weighted by Crippen LogP contribution is 2.31. The first-order valence-corrected chi connectivity index (χ1v) is 8.71. The van der Waals surface area contributed by atoms with Crippen LogP contribution in [0, 0.1) is 0 Å². The van der Waals surface area contributed by atoms with Crippen LogP contribution in [0.25, 0.3) is 0 Å². The largest absolute Gasteiger partial charge is 0.459 e. The van der Waals surface area contributed by atoms with Crippen molar-refractivity contribution in [3.63, 3.8) is 0 Å². The van der Waals surface area contributed by atoms with Gasteiger partial charge in [-0.25, -0.2) is 0 Å². The van der Waals surface area contributed by atoms with Crippen LogP contribution in [0.4, 0.5) is 5.00 Å². The number of aliphatic hydroxyl groups is 1. The fourth-order valence-electron chi connectivity index (χ4n) is 2.99. The summed E-state index contributed by atoms with van der Waals surface area (Å²) in [6, 6.07) is 6.59. The number of thiophene rings is 1. The van der Waals surface area contributed by atoms with Crippen LogP contribution in [0.3, 0.4) is 0 Å². The van der Waals surface area contributed by atoms with Gasteiger partial charge in [-0.15, -0.1) is 11.3 Å². The maximum Gasteiger partial charge on any atom is 0.291 e. The average Bonchev–Trinajstić information content (AvgIpc) is 3.27. The summed E-state index contributed by atoms with van der Waals surface area (Å²) < 4.78 is 5.04. The minimum Gasteiger partial charge on any atom is -0.459 e. The molecule has 1 fully saturated rings. The van der Waals surface area contributed by atoms with E-state index in [0.29, 0.717) is 16.4 Å². The van der Waals surface area contributed by atoms with Gasteiger partial charge in [-0.2, -0.15) is 0 Å². The molecule has 2 heterocycles. The van der Waals surface area contributed by atoms with E-state index in [1.807, 2.05) is 0 Å². The molecule has 1 aliphatic rings. The molecule has 1 saturated carbocycles. The number of anilines is 1. The summed E-state index contributed by atoms with van der Waals surface area (Å²) in [5.74, 6) is -0.287. The highest BCUT2D eigenvalue weighted by atomic mass is 32.1. The van der Waals surface area contributed by atoms with Gasteiger partial charge < -0.3 is 19.7 Å². The van der Waals surface area contributed by atoms with E-state index >= 15 is 0 Å². The van der Waals surface area contributed by atoms with Crippen LogP contribution < -0.4 is 5.32 Å². The lowest BCUT2D eigenvalue weighted by Gasteiger charge is -2.28. The zero-order valence-electron chi connectivity index (χ0n) is 13.4. The number of carbonyl (C=O) groups excluding carboxylic acids is 2. The van der Waals surface area contributed by atoms with Gasteiger partial charge in [-0.1, -0.05) is 12.8 Å². The Morgan fingerprint density at radius 3 is 2.75 bits per heavy atom. The Hall–Kier alpha value is -2.12. The van der Waals surface area contributed by atoms with Crippen LogP contribution in [0.5, 0.6) is 0 Å². The van der Waals surface area contributed by atoms with Crippen LogP contribution in [0.1, 0.15) is 45.9 Å². The lowest BCUT2D eigenvalue weighted by atomic mass is 10.0. The van der Waals surface area contributed by atoms with E-state index in [-0.39, 0.29) is 17.6 Å². The molecule has 0 saturated heterocycles. The van der Waals surface area contributed by atoms with Crippen LogP contribution in [0.15, 0.2) is 34.9 Å². The molecule has 2 aromatic rings. The normalized spacial score (nSPS) is 16.1. The predicted molar refractivity (Wildman–Crippen MR) is 91.4 cm³/mol. The lowest BCUT2D eigenvalue weighted by Crippen LogP contribution is -2.41. The zero-order valence-corrected chi connectivity index (χ0v) is 14.3. The second-order valence-corrected chi connectivity index (χ2v) is 7.27.